The van der Waals surface area contributed by atoms with Crippen LogP contribution in [-0.4, -0.2) is 31.6 Å². The summed E-state index contributed by atoms with van der Waals surface area (Å²) in [4.78, 5) is 38.7. The third kappa shape index (κ3) is 4.13. The molecule has 0 bridgehead atoms. The van der Waals surface area contributed by atoms with Gasteiger partial charge in [-0.25, -0.2) is 9.69 Å². The highest BCUT2D eigenvalue weighted by molar-refractivity contribution is 6.39. The molecule has 2 aromatic rings. The molecular weight excluding hydrogens is 372 g/mol. The van der Waals surface area contributed by atoms with Crippen LogP contribution in [0.1, 0.15) is 24.5 Å². The van der Waals surface area contributed by atoms with Gasteiger partial charge >= 0.3 is 6.03 Å². The van der Waals surface area contributed by atoms with E-state index in [9.17, 15) is 14.4 Å². The van der Waals surface area contributed by atoms with Crippen LogP contribution in [-0.2, 0) is 9.59 Å². The van der Waals surface area contributed by atoms with Crippen LogP contribution < -0.4 is 19.7 Å². The predicted molar refractivity (Wildman–Crippen MR) is 109 cm³/mol. The predicted octanol–water partition coefficient (Wildman–Crippen LogP) is 3.46. The lowest BCUT2D eigenvalue weighted by Gasteiger charge is -2.27. The number of carbonyl (C=O) groups is 3. The van der Waals surface area contributed by atoms with Crippen LogP contribution in [0.25, 0.3) is 6.08 Å². The van der Waals surface area contributed by atoms with Gasteiger partial charge in [-0.2, -0.15) is 0 Å². The van der Waals surface area contributed by atoms with E-state index in [1.165, 1.54) is 19.3 Å². The molecule has 2 aromatic carbocycles. The van der Waals surface area contributed by atoms with Crippen LogP contribution in [0, 0.1) is 6.92 Å². The number of aryl methyl sites for hydroxylation is 1. The average molecular weight is 394 g/mol. The van der Waals surface area contributed by atoms with Crippen molar-refractivity contribution in [2.45, 2.75) is 20.3 Å². The Hall–Kier alpha value is -3.61. The molecule has 1 heterocycles. The summed E-state index contributed by atoms with van der Waals surface area (Å²) in [6, 6.07) is 11.3. The van der Waals surface area contributed by atoms with Crippen molar-refractivity contribution in [3.05, 3.63) is 59.2 Å². The van der Waals surface area contributed by atoms with E-state index in [0.29, 0.717) is 18.1 Å². The molecule has 7 nitrogen and oxygen atoms in total. The summed E-state index contributed by atoms with van der Waals surface area (Å²) >= 11 is 0. The Kier molecular flexibility index (Phi) is 5.97. The van der Waals surface area contributed by atoms with E-state index in [1.807, 2.05) is 32.0 Å². The number of methoxy groups -OCH3 is 1. The number of urea groups is 1. The largest absolute Gasteiger partial charge is 0.493 e. The maximum absolute atomic E-state index is 13.0. The molecular formula is C22H22N2O5. The second-order valence-electron chi connectivity index (χ2n) is 6.50. The van der Waals surface area contributed by atoms with E-state index >= 15 is 0 Å². The number of imide groups is 2. The Morgan fingerprint density at radius 1 is 1.07 bits per heavy atom. The summed E-state index contributed by atoms with van der Waals surface area (Å²) < 4.78 is 10.9. The number of rotatable bonds is 6. The Morgan fingerprint density at radius 3 is 2.52 bits per heavy atom. The van der Waals surface area contributed by atoms with Crippen LogP contribution in [0.5, 0.6) is 11.5 Å². The first-order valence-electron chi connectivity index (χ1n) is 9.24. The van der Waals surface area contributed by atoms with Crippen LogP contribution in [0.15, 0.2) is 48.0 Å². The topological polar surface area (TPSA) is 84.9 Å². The molecule has 0 radical (unpaired) electrons. The maximum Gasteiger partial charge on any atom is 0.335 e. The number of hydrogen-bond acceptors (Lipinski definition) is 5. The Balaban J connectivity index is 1.99. The number of carbonyl (C=O) groups excluding carboxylic acids is 3. The zero-order chi connectivity index (χ0) is 21.0. The number of anilines is 1. The van der Waals surface area contributed by atoms with Gasteiger partial charge in [0.25, 0.3) is 11.8 Å². The fourth-order valence-corrected chi connectivity index (χ4v) is 2.92. The number of benzene rings is 2. The number of ether oxygens (including phenoxy) is 2. The first-order valence-corrected chi connectivity index (χ1v) is 9.24. The van der Waals surface area contributed by atoms with E-state index in [0.717, 1.165) is 22.4 Å². The molecule has 29 heavy (non-hydrogen) atoms. The SMILES string of the molecule is CCCOc1ccc(N2C(=O)NC(=O)/C(=C\c3ccccc3C)C2=O)cc1OC. The molecule has 0 atom stereocenters. The zero-order valence-electron chi connectivity index (χ0n) is 16.5. The molecule has 1 N–H and O–H groups in total. The Bertz CT molecular complexity index is 996. The second-order valence-corrected chi connectivity index (χ2v) is 6.50. The van der Waals surface area contributed by atoms with Gasteiger partial charge in [0.1, 0.15) is 5.57 Å². The standard InChI is InChI=1S/C22H22N2O5/c1-4-11-29-18-10-9-16(13-19(18)28-3)24-21(26)17(20(25)23-22(24)27)12-15-8-6-5-7-14(15)2/h5-10,12-13H,4,11H2,1-3H3,(H,23,25,27)/b17-12+. The molecule has 7 heteroatoms. The summed E-state index contributed by atoms with van der Waals surface area (Å²) in [6.07, 6.45) is 2.31. The van der Waals surface area contributed by atoms with E-state index in [2.05, 4.69) is 5.32 Å². The smallest absolute Gasteiger partial charge is 0.335 e. The molecule has 0 aliphatic carbocycles. The number of barbiturate groups is 1. The van der Waals surface area contributed by atoms with E-state index in [4.69, 9.17) is 9.47 Å². The highest BCUT2D eigenvalue weighted by Gasteiger charge is 2.37. The quantitative estimate of drug-likeness (QED) is 0.599. The first-order chi connectivity index (χ1) is 14.0. The fourth-order valence-electron chi connectivity index (χ4n) is 2.92. The zero-order valence-corrected chi connectivity index (χ0v) is 16.5. The van der Waals surface area contributed by atoms with Gasteiger partial charge < -0.3 is 9.47 Å². The summed E-state index contributed by atoms with van der Waals surface area (Å²) in [5.41, 5.74) is 1.78. The van der Waals surface area contributed by atoms with Gasteiger partial charge in [-0.05, 0) is 42.7 Å². The van der Waals surface area contributed by atoms with Crippen molar-refractivity contribution in [2.75, 3.05) is 18.6 Å². The monoisotopic (exact) mass is 394 g/mol. The summed E-state index contributed by atoms with van der Waals surface area (Å²) in [7, 11) is 1.48. The Morgan fingerprint density at radius 2 is 1.83 bits per heavy atom. The van der Waals surface area contributed by atoms with Crippen molar-refractivity contribution in [3.63, 3.8) is 0 Å². The van der Waals surface area contributed by atoms with Crippen LogP contribution in [0.4, 0.5) is 10.5 Å². The van der Waals surface area contributed by atoms with Crippen molar-refractivity contribution in [2.24, 2.45) is 0 Å². The van der Waals surface area contributed by atoms with Crippen molar-refractivity contribution < 1.29 is 23.9 Å². The van der Waals surface area contributed by atoms with Crippen LogP contribution in [0.3, 0.4) is 0 Å². The molecule has 0 spiro atoms. The van der Waals surface area contributed by atoms with Crippen LogP contribution >= 0.6 is 0 Å². The Labute approximate surface area is 168 Å². The van der Waals surface area contributed by atoms with Gasteiger partial charge in [0.15, 0.2) is 11.5 Å². The molecule has 0 saturated carbocycles. The van der Waals surface area contributed by atoms with E-state index in [1.54, 1.807) is 18.2 Å². The highest BCUT2D eigenvalue weighted by atomic mass is 16.5. The van der Waals surface area contributed by atoms with Gasteiger partial charge in [0.2, 0.25) is 0 Å². The molecule has 1 aliphatic heterocycles. The molecule has 1 aliphatic rings. The third-order valence-electron chi connectivity index (χ3n) is 4.46. The minimum atomic E-state index is -0.814. The summed E-state index contributed by atoms with van der Waals surface area (Å²) in [5, 5.41) is 2.22. The van der Waals surface area contributed by atoms with Gasteiger partial charge in [-0.15, -0.1) is 0 Å². The first kappa shape index (κ1) is 20.1. The van der Waals surface area contributed by atoms with Crippen LogP contribution in [0.2, 0.25) is 0 Å². The average Bonchev–Trinajstić information content (AvgIpc) is 2.71. The third-order valence-corrected chi connectivity index (χ3v) is 4.46. The van der Waals surface area contributed by atoms with E-state index in [-0.39, 0.29) is 11.3 Å². The number of hydrogen-bond donors (Lipinski definition) is 1. The normalized spacial score (nSPS) is 15.5. The lowest BCUT2D eigenvalue weighted by Crippen LogP contribution is -2.54. The summed E-state index contributed by atoms with van der Waals surface area (Å²) in [5.74, 6) is -0.534. The lowest BCUT2D eigenvalue weighted by atomic mass is 10.0. The number of amides is 4. The molecule has 0 aromatic heterocycles. The molecule has 4 amide bonds. The minimum Gasteiger partial charge on any atom is -0.493 e. The maximum atomic E-state index is 13.0. The number of nitrogens with one attached hydrogen (secondary N) is 1. The van der Waals surface area contributed by atoms with Crippen molar-refractivity contribution >= 4 is 29.6 Å². The molecule has 0 unspecified atom stereocenters. The lowest BCUT2D eigenvalue weighted by molar-refractivity contribution is -0.122. The molecule has 3 rings (SSSR count). The van der Waals surface area contributed by atoms with Gasteiger partial charge in [-0.1, -0.05) is 31.2 Å². The van der Waals surface area contributed by atoms with Gasteiger partial charge in [0.05, 0.1) is 19.4 Å². The van der Waals surface area contributed by atoms with Crippen molar-refractivity contribution in [1.82, 2.24) is 5.32 Å². The van der Waals surface area contributed by atoms with E-state index < -0.39 is 17.8 Å². The minimum absolute atomic E-state index is 0.121. The summed E-state index contributed by atoms with van der Waals surface area (Å²) in [6.45, 7) is 4.37. The van der Waals surface area contributed by atoms with Crippen molar-refractivity contribution in [1.29, 1.82) is 0 Å². The second kappa shape index (κ2) is 8.60. The molecule has 150 valence electrons. The molecule has 1 fully saturated rings. The van der Waals surface area contributed by atoms with Crippen molar-refractivity contribution in [3.8, 4) is 11.5 Å². The van der Waals surface area contributed by atoms with Gasteiger partial charge in [0, 0.05) is 6.07 Å². The fraction of sp³-hybridized carbons (Fsp3) is 0.227. The highest BCUT2D eigenvalue weighted by Crippen LogP contribution is 2.33. The molecule has 1 saturated heterocycles. The number of nitrogens with zero attached hydrogens (tertiary/aromatic N) is 1. The van der Waals surface area contributed by atoms with Gasteiger partial charge in [-0.3, -0.25) is 14.9 Å².